The van der Waals surface area contributed by atoms with Crippen LogP contribution in [0.4, 0.5) is 5.82 Å². The van der Waals surface area contributed by atoms with Gasteiger partial charge < -0.3 is 4.90 Å². The average Bonchev–Trinajstić information content (AvgIpc) is 3.44. The van der Waals surface area contributed by atoms with Gasteiger partial charge >= 0.3 is 0 Å². The van der Waals surface area contributed by atoms with Crippen LogP contribution in [0.1, 0.15) is 24.5 Å². The summed E-state index contributed by atoms with van der Waals surface area (Å²) in [7, 11) is 0. The third-order valence-electron chi connectivity index (χ3n) is 5.09. The van der Waals surface area contributed by atoms with Crippen molar-refractivity contribution in [2.45, 2.75) is 25.3 Å². The molecule has 1 aliphatic carbocycles. The standard InChI is InChI=1S/C19H19N5O/c25-18-8-7-16(14-5-6-14)22-24(18)11-13-9-23(10-13)19-15-3-1-2-4-17(15)20-12-21-19/h1-4,7-8,12-14H,5-6,9-11H2. The van der Waals surface area contributed by atoms with E-state index in [0.717, 1.165) is 35.5 Å². The first-order valence-electron chi connectivity index (χ1n) is 8.81. The van der Waals surface area contributed by atoms with Crippen molar-refractivity contribution < 1.29 is 0 Å². The number of hydrogen-bond acceptors (Lipinski definition) is 5. The Morgan fingerprint density at radius 2 is 1.88 bits per heavy atom. The Morgan fingerprint density at radius 1 is 1.04 bits per heavy atom. The first kappa shape index (κ1) is 14.6. The van der Waals surface area contributed by atoms with Gasteiger partial charge in [-0.3, -0.25) is 4.79 Å². The number of rotatable bonds is 4. The molecule has 1 saturated carbocycles. The lowest BCUT2D eigenvalue weighted by Crippen LogP contribution is -2.50. The predicted octanol–water partition coefficient (Wildman–Crippen LogP) is 2.20. The molecule has 1 aliphatic heterocycles. The molecule has 6 nitrogen and oxygen atoms in total. The van der Waals surface area contributed by atoms with Crippen molar-refractivity contribution in [1.29, 1.82) is 0 Å². The van der Waals surface area contributed by atoms with E-state index in [1.54, 1.807) is 17.1 Å². The molecule has 126 valence electrons. The lowest BCUT2D eigenvalue weighted by molar-refractivity contribution is 0.332. The second-order valence-electron chi connectivity index (χ2n) is 7.04. The van der Waals surface area contributed by atoms with E-state index in [0.29, 0.717) is 18.4 Å². The monoisotopic (exact) mass is 333 g/mol. The minimum atomic E-state index is -0.00432. The maximum Gasteiger partial charge on any atom is 0.266 e. The molecule has 3 aromatic rings. The van der Waals surface area contributed by atoms with E-state index in [1.807, 2.05) is 24.3 Å². The highest BCUT2D eigenvalue weighted by atomic mass is 16.1. The molecular weight excluding hydrogens is 314 g/mol. The fourth-order valence-corrected chi connectivity index (χ4v) is 3.54. The van der Waals surface area contributed by atoms with Crippen molar-refractivity contribution in [3.63, 3.8) is 0 Å². The molecule has 0 amide bonds. The molecule has 0 N–H and O–H groups in total. The van der Waals surface area contributed by atoms with Crippen LogP contribution >= 0.6 is 0 Å². The van der Waals surface area contributed by atoms with Crippen LogP contribution in [-0.4, -0.2) is 32.8 Å². The van der Waals surface area contributed by atoms with Crippen LogP contribution < -0.4 is 10.5 Å². The summed E-state index contributed by atoms with van der Waals surface area (Å²) in [4.78, 5) is 23.1. The van der Waals surface area contributed by atoms with Gasteiger partial charge in [-0.15, -0.1) is 0 Å². The van der Waals surface area contributed by atoms with Crippen LogP contribution in [0.15, 0.2) is 47.5 Å². The molecule has 0 radical (unpaired) electrons. The van der Waals surface area contributed by atoms with Crippen molar-refractivity contribution in [3.8, 4) is 0 Å². The number of para-hydroxylation sites is 1. The Balaban J connectivity index is 1.32. The molecule has 2 fully saturated rings. The van der Waals surface area contributed by atoms with Gasteiger partial charge in [0.25, 0.3) is 5.56 Å². The molecule has 1 saturated heterocycles. The topological polar surface area (TPSA) is 63.9 Å². The van der Waals surface area contributed by atoms with E-state index >= 15 is 0 Å². The Morgan fingerprint density at radius 3 is 2.72 bits per heavy atom. The van der Waals surface area contributed by atoms with E-state index in [1.165, 1.54) is 12.8 Å². The van der Waals surface area contributed by atoms with Gasteiger partial charge in [-0.25, -0.2) is 14.6 Å². The van der Waals surface area contributed by atoms with E-state index in [-0.39, 0.29) is 5.56 Å². The molecule has 0 bridgehead atoms. The van der Waals surface area contributed by atoms with Gasteiger partial charge in [0, 0.05) is 36.4 Å². The van der Waals surface area contributed by atoms with Gasteiger partial charge in [0.05, 0.1) is 17.8 Å². The number of hydrogen-bond donors (Lipinski definition) is 0. The highest BCUT2D eigenvalue weighted by Gasteiger charge is 2.30. The first-order valence-corrected chi connectivity index (χ1v) is 8.81. The van der Waals surface area contributed by atoms with Crippen molar-refractivity contribution >= 4 is 16.7 Å². The van der Waals surface area contributed by atoms with Crippen LogP contribution in [0.2, 0.25) is 0 Å². The highest BCUT2D eigenvalue weighted by molar-refractivity contribution is 5.89. The zero-order valence-electron chi connectivity index (χ0n) is 13.9. The van der Waals surface area contributed by atoms with Crippen molar-refractivity contribution in [3.05, 3.63) is 58.8 Å². The normalized spacial score (nSPS) is 17.7. The molecule has 5 rings (SSSR count). The SMILES string of the molecule is O=c1ccc(C2CC2)nn1CC1CN(c2ncnc3ccccc23)C1. The van der Waals surface area contributed by atoms with E-state index < -0.39 is 0 Å². The predicted molar refractivity (Wildman–Crippen MR) is 95.7 cm³/mol. The number of aromatic nitrogens is 4. The molecule has 2 aromatic heterocycles. The summed E-state index contributed by atoms with van der Waals surface area (Å²) in [6.45, 7) is 2.46. The van der Waals surface area contributed by atoms with Gasteiger partial charge in [-0.2, -0.15) is 5.10 Å². The first-order chi connectivity index (χ1) is 12.3. The molecule has 2 aliphatic rings. The Hall–Kier alpha value is -2.76. The number of anilines is 1. The largest absolute Gasteiger partial charge is 0.355 e. The maximum absolute atomic E-state index is 12.1. The van der Waals surface area contributed by atoms with E-state index in [4.69, 9.17) is 0 Å². The Bertz CT molecular complexity index is 983. The summed E-state index contributed by atoms with van der Waals surface area (Å²) >= 11 is 0. The van der Waals surface area contributed by atoms with Gasteiger partial charge in [0.1, 0.15) is 12.1 Å². The van der Waals surface area contributed by atoms with Crippen LogP contribution in [0.3, 0.4) is 0 Å². The second-order valence-corrected chi connectivity index (χ2v) is 7.04. The number of benzene rings is 1. The molecular formula is C19H19N5O. The molecule has 0 unspecified atom stereocenters. The van der Waals surface area contributed by atoms with Crippen molar-refractivity contribution in [2.75, 3.05) is 18.0 Å². The summed E-state index contributed by atoms with van der Waals surface area (Å²) in [5, 5.41) is 5.64. The smallest absolute Gasteiger partial charge is 0.266 e. The lowest BCUT2D eigenvalue weighted by Gasteiger charge is -2.40. The zero-order chi connectivity index (χ0) is 16.8. The lowest BCUT2D eigenvalue weighted by atomic mass is 9.99. The van der Waals surface area contributed by atoms with Crippen LogP contribution in [0.5, 0.6) is 0 Å². The van der Waals surface area contributed by atoms with Crippen LogP contribution in [0.25, 0.3) is 10.9 Å². The van der Waals surface area contributed by atoms with Gasteiger partial charge in [-0.1, -0.05) is 12.1 Å². The summed E-state index contributed by atoms with van der Waals surface area (Å²) in [6.07, 6.45) is 4.02. The fourth-order valence-electron chi connectivity index (χ4n) is 3.54. The minimum absolute atomic E-state index is 0.00432. The van der Waals surface area contributed by atoms with Crippen molar-refractivity contribution in [2.24, 2.45) is 5.92 Å². The third-order valence-corrected chi connectivity index (χ3v) is 5.09. The Kier molecular flexibility index (Phi) is 3.29. The third kappa shape index (κ3) is 2.67. The minimum Gasteiger partial charge on any atom is -0.355 e. The van der Waals surface area contributed by atoms with E-state index in [9.17, 15) is 4.79 Å². The highest BCUT2D eigenvalue weighted by Crippen LogP contribution is 2.38. The van der Waals surface area contributed by atoms with Crippen LogP contribution in [0, 0.1) is 5.92 Å². The number of nitrogens with zero attached hydrogens (tertiary/aromatic N) is 5. The maximum atomic E-state index is 12.1. The molecule has 6 heteroatoms. The molecule has 3 heterocycles. The van der Waals surface area contributed by atoms with Crippen molar-refractivity contribution in [1.82, 2.24) is 19.7 Å². The molecule has 25 heavy (non-hydrogen) atoms. The summed E-state index contributed by atoms with van der Waals surface area (Å²) in [5.74, 6) is 1.97. The van der Waals surface area contributed by atoms with Gasteiger partial charge in [0.2, 0.25) is 0 Å². The quantitative estimate of drug-likeness (QED) is 0.732. The molecule has 0 spiro atoms. The summed E-state index contributed by atoms with van der Waals surface area (Å²) in [6, 6.07) is 11.6. The average molecular weight is 333 g/mol. The van der Waals surface area contributed by atoms with Gasteiger partial charge in [-0.05, 0) is 31.0 Å². The molecule has 0 atom stereocenters. The second kappa shape index (κ2) is 5.65. The van der Waals surface area contributed by atoms with Crippen LogP contribution in [-0.2, 0) is 6.54 Å². The number of fused-ring (bicyclic) bond motifs is 1. The zero-order valence-corrected chi connectivity index (χ0v) is 13.9. The molecule has 1 aromatic carbocycles. The summed E-state index contributed by atoms with van der Waals surface area (Å²) in [5.41, 5.74) is 2.03. The van der Waals surface area contributed by atoms with Gasteiger partial charge in [0.15, 0.2) is 0 Å². The Labute approximate surface area is 145 Å². The van der Waals surface area contributed by atoms with E-state index in [2.05, 4.69) is 26.0 Å². The summed E-state index contributed by atoms with van der Waals surface area (Å²) < 4.78 is 1.65. The fraction of sp³-hybridized carbons (Fsp3) is 0.368.